The summed E-state index contributed by atoms with van der Waals surface area (Å²) < 4.78 is 0.960. The summed E-state index contributed by atoms with van der Waals surface area (Å²) in [6, 6.07) is 9.60. The molecule has 1 amide bonds. The lowest BCUT2D eigenvalue weighted by Gasteiger charge is -2.14. The topological polar surface area (TPSA) is 108 Å². The number of H-pyrrole nitrogens is 1. The third-order valence-corrected chi connectivity index (χ3v) is 2.89. The van der Waals surface area contributed by atoms with E-state index in [0.29, 0.717) is 11.3 Å². The highest BCUT2D eigenvalue weighted by atomic mass is 16.2. The SMILES string of the molecule is CC(C(=O)Nc1ccc(C#N)cc1)n1[nH]c(=O)ccc1=O. The molecule has 0 saturated heterocycles. The fourth-order valence-electron chi connectivity index (χ4n) is 1.72. The highest BCUT2D eigenvalue weighted by Gasteiger charge is 2.16. The van der Waals surface area contributed by atoms with Crippen LogP contribution >= 0.6 is 0 Å². The van der Waals surface area contributed by atoms with Gasteiger partial charge in [0, 0.05) is 17.8 Å². The summed E-state index contributed by atoms with van der Waals surface area (Å²) in [5.41, 5.74) is 0.0338. The van der Waals surface area contributed by atoms with Crippen molar-refractivity contribution in [3.05, 3.63) is 62.7 Å². The molecule has 106 valence electrons. The Balaban J connectivity index is 2.19. The molecule has 0 spiro atoms. The first-order chi connectivity index (χ1) is 10.0. The molecule has 2 rings (SSSR count). The lowest BCUT2D eigenvalue weighted by molar-refractivity contribution is -0.119. The van der Waals surface area contributed by atoms with Crippen LogP contribution in [0, 0.1) is 11.3 Å². The predicted molar refractivity (Wildman–Crippen MR) is 75.8 cm³/mol. The highest BCUT2D eigenvalue weighted by molar-refractivity contribution is 5.93. The minimum atomic E-state index is -0.873. The van der Waals surface area contributed by atoms with E-state index in [9.17, 15) is 14.4 Å². The maximum absolute atomic E-state index is 12.1. The minimum Gasteiger partial charge on any atom is -0.324 e. The number of amides is 1. The van der Waals surface area contributed by atoms with E-state index in [2.05, 4.69) is 10.4 Å². The van der Waals surface area contributed by atoms with E-state index >= 15 is 0 Å². The lowest BCUT2D eigenvalue weighted by atomic mass is 10.2. The van der Waals surface area contributed by atoms with Crippen LogP contribution in [-0.2, 0) is 4.79 Å². The second-order valence-corrected chi connectivity index (χ2v) is 4.37. The number of carbonyl (C=O) groups is 1. The highest BCUT2D eigenvalue weighted by Crippen LogP contribution is 2.11. The summed E-state index contributed by atoms with van der Waals surface area (Å²) in [6.07, 6.45) is 0. The van der Waals surface area contributed by atoms with Gasteiger partial charge in [0.05, 0.1) is 11.6 Å². The molecule has 0 aliphatic carbocycles. The van der Waals surface area contributed by atoms with Crippen LogP contribution in [0.25, 0.3) is 0 Å². The van der Waals surface area contributed by atoms with Crippen LogP contribution in [0.1, 0.15) is 18.5 Å². The van der Waals surface area contributed by atoms with Gasteiger partial charge in [0.25, 0.3) is 11.1 Å². The number of rotatable bonds is 3. The van der Waals surface area contributed by atoms with Crippen molar-refractivity contribution < 1.29 is 4.79 Å². The zero-order valence-corrected chi connectivity index (χ0v) is 11.2. The first-order valence-electron chi connectivity index (χ1n) is 6.14. The summed E-state index contributed by atoms with van der Waals surface area (Å²) >= 11 is 0. The van der Waals surface area contributed by atoms with Crippen molar-refractivity contribution in [3.63, 3.8) is 0 Å². The van der Waals surface area contributed by atoms with E-state index in [1.807, 2.05) is 6.07 Å². The van der Waals surface area contributed by atoms with Crippen molar-refractivity contribution in [3.8, 4) is 6.07 Å². The second-order valence-electron chi connectivity index (χ2n) is 4.37. The van der Waals surface area contributed by atoms with Gasteiger partial charge in [-0.15, -0.1) is 0 Å². The molecule has 1 atom stereocenters. The fourth-order valence-corrected chi connectivity index (χ4v) is 1.72. The fraction of sp³-hybridized carbons (Fsp3) is 0.143. The van der Waals surface area contributed by atoms with Crippen molar-refractivity contribution in [2.45, 2.75) is 13.0 Å². The molecule has 0 bridgehead atoms. The van der Waals surface area contributed by atoms with Gasteiger partial charge < -0.3 is 5.32 Å². The summed E-state index contributed by atoms with van der Waals surface area (Å²) in [4.78, 5) is 34.9. The number of benzene rings is 1. The Morgan fingerprint density at radius 3 is 2.52 bits per heavy atom. The number of nitrogens with zero attached hydrogens (tertiary/aromatic N) is 2. The Kier molecular flexibility index (Phi) is 4.00. The molecule has 0 radical (unpaired) electrons. The molecule has 0 aliphatic rings. The van der Waals surface area contributed by atoms with Crippen LogP contribution in [0.2, 0.25) is 0 Å². The van der Waals surface area contributed by atoms with E-state index in [4.69, 9.17) is 5.26 Å². The first-order valence-corrected chi connectivity index (χ1v) is 6.14. The van der Waals surface area contributed by atoms with Crippen LogP contribution < -0.4 is 16.4 Å². The third kappa shape index (κ3) is 3.25. The van der Waals surface area contributed by atoms with Crippen LogP contribution in [0.4, 0.5) is 5.69 Å². The predicted octanol–water partition coefficient (Wildman–Crippen LogP) is 0.608. The summed E-state index contributed by atoms with van der Waals surface area (Å²) in [5, 5.41) is 13.6. The number of hydrogen-bond acceptors (Lipinski definition) is 4. The van der Waals surface area contributed by atoms with E-state index in [-0.39, 0.29) is 0 Å². The number of nitrogens with one attached hydrogen (secondary N) is 2. The van der Waals surface area contributed by atoms with Crippen molar-refractivity contribution in [2.24, 2.45) is 0 Å². The number of hydrogen-bond donors (Lipinski definition) is 2. The van der Waals surface area contributed by atoms with Gasteiger partial charge >= 0.3 is 0 Å². The largest absolute Gasteiger partial charge is 0.324 e. The monoisotopic (exact) mass is 284 g/mol. The Morgan fingerprint density at radius 1 is 1.24 bits per heavy atom. The molecule has 2 aromatic rings. The quantitative estimate of drug-likeness (QED) is 0.860. The molecule has 21 heavy (non-hydrogen) atoms. The van der Waals surface area contributed by atoms with E-state index in [1.165, 1.54) is 6.92 Å². The molecule has 1 heterocycles. The number of aromatic nitrogens is 2. The average Bonchev–Trinajstić information content (AvgIpc) is 2.49. The summed E-state index contributed by atoms with van der Waals surface area (Å²) in [6.45, 7) is 1.50. The van der Waals surface area contributed by atoms with Gasteiger partial charge in [-0.3, -0.25) is 19.5 Å². The van der Waals surface area contributed by atoms with Crippen molar-refractivity contribution in [1.29, 1.82) is 5.26 Å². The van der Waals surface area contributed by atoms with Gasteiger partial charge in [-0.2, -0.15) is 5.26 Å². The molecule has 1 aromatic heterocycles. The van der Waals surface area contributed by atoms with Gasteiger partial charge in [-0.25, -0.2) is 4.68 Å². The number of carbonyl (C=O) groups excluding carboxylic acids is 1. The Labute approximate surface area is 119 Å². The number of nitriles is 1. The second kappa shape index (κ2) is 5.88. The van der Waals surface area contributed by atoms with E-state index in [1.54, 1.807) is 24.3 Å². The van der Waals surface area contributed by atoms with Crippen molar-refractivity contribution >= 4 is 11.6 Å². The van der Waals surface area contributed by atoms with Crippen LogP contribution in [0.15, 0.2) is 46.0 Å². The van der Waals surface area contributed by atoms with Crippen molar-refractivity contribution in [2.75, 3.05) is 5.32 Å². The van der Waals surface area contributed by atoms with Gasteiger partial charge in [0.15, 0.2) is 0 Å². The Bertz CT molecular complexity index is 812. The molecular formula is C14H12N4O3. The molecule has 1 aromatic carbocycles. The van der Waals surface area contributed by atoms with Gasteiger partial charge in [0.1, 0.15) is 6.04 Å². The molecule has 0 saturated carbocycles. The van der Waals surface area contributed by atoms with Gasteiger partial charge in [0.2, 0.25) is 5.91 Å². The molecule has 0 fully saturated rings. The molecule has 2 N–H and O–H groups in total. The Hall–Kier alpha value is -3.14. The molecule has 7 nitrogen and oxygen atoms in total. The van der Waals surface area contributed by atoms with E-state index < -0.39 is 23.1 Å². The molecule has 0 aliphatic heterocycles. The maximum Gasteiger partial charge on any atom is 0.265 e. The van der Waals surface area contributed by atoms with Crippen LogP contribution in [0.5, 0.6) is 0 Å². The first kappa shape index (κ1) is 14.3. The van der Waals surface area contributed by atoms with E-state index in [0.717, 1.165) is 16.8 Å². The number of aromatic amines is 1. The standard InChI is InChI=1S/C14H12N4O3/c1-9(18-13(20)7-6-12(19)17-18)14(21)16-11-4-2-10(8-15)3-5-11/h2-7,9H,1H3,(H,16,21)(H,17,19). The summed E-state index contributed by atoms with van der Waals surface area (Å²) in [7, 11) is 0. The molecular weight excluding hydrogens is 272 g/mol. The average molecular weight is 284 g/mol. The van der Waals surface area contributed by atoms with Gasteiger partial charge in [-0.05, 0) is 31.2 Å². The zero-order valence-electron chi connectivity index (χ0n) is 11.2. The van der Waals surface area contributed by atoms with Crippen LogP contribution in [-0.4, -0.2) is 15.7 Å². The third-order valence-electron chi connectivity index (χ3n) is 2.89. The maximum atomic E-state index is 12.1. The Morgan fingerprint density at radius 2 is 1.90 bits per heavy atom. The van der Waals surface area contributed by atoms with Crippen LogP contribution in [0.3, 0.4) is 0 Å². The molecule has 1 unspecified atom stereocenters. The normalized spacial score (nSPS) is 11.4. The zero-order chi connectivity index (χ0) is 15.4. The molecule has 7 heteroatoms. The smallest absolute Gasteiger partial charge is 0.265 e. The lowest BCUT2D eigenvalue weighted by Crippen LogP contribution is -2.36. The number of anilines is 1. The summed E-state index contributed by atoms with van der Waals surface area (Å²) in [5.74, 6) is -0.455. The van der Waals surface area contributed by atoms with Crippen molar-refractivity contribution in [1.82, 2.24) is 9.78 Å². The minimum absolute atomic E-state index is 0.455. The van der Waals surface area contributed by atoms with Gasteiger partial charge in [-0.1, -0.05) is 0 Å².